The lowest BCUT2D eigenvalue weighted by molar-refractivity contribution is -0.305. The second kappa shape index (κ2) is 19.2. The summed E-state index contributed by atoms with van der Waals surface area (Å²) in [6, 6.07) is 3.42. The number of hydrogen-bond donors (Lipinski definition) is 1. The van der Waals surface area contributed by atoms with Gasteiger partial charge in [0.2, 0.25) is 0 Å². The maximum absolute atomic E-state index is 12.7. The van der Waals surface area contributed by atoms with E-state index in [9.17, 15) is 22.0 Å². The molecular weight excluding hydrogens is 389 g/mol. The van der Waals surface area contributed by atoms with Crippen molar-refractivity contribution in [2.45, 2.75) is 60.9 Å². The smallest absolute Gasteiger partial charge is 0.411 e. The number of rotatable bonds is 5. The van der Waals surface area contributed by atoms with E-state index in [1.54, 1.807) is 14.0 Å². The maximum Gasteiger partial charge on any atom is 0.572 e. The summed E-state index contributed by atoms with van der Waals surface area (Å²) in [5.41, 5.74) is 1.12. The van der Waals surface area contributed by atoms with Gasteiger partial charge < -0.3 is 10.1 Å². The lowest BCUT2D eigenvalue weighted by atomic mass is 10.2. The second-order valence-corrected chi connectivity index (χ2v) is 5.41. The standard InChI is InChI=1S/C9H11F3O.C8H9F2N.C3H8.C2H6/c1-4-7(2)5-6-8(3)13-9(10,11)12;1-11-5-6-4-7(9)2-3-8(6)10;1-3-2;1-2/h4-6H,1H2,2-3H3;2-4,11H,5H2,1H3;3H2,1-2H3;1-2H3/b7-5-,8-6+;;;. The molecule has 0 fully saturated rings. The Hall–Kier alpha value is -2.15. The molecule has 1 aromatic rings. The molecule has 0 atom stereocenters. The molecule has 0 aliphatic rings. The molecule has 0 radical (unpaired) electrons. The van der Waals surface area contributed by atoms with Gasteiger partial charge in [0.25, 0.3) is 0 Å². The van der Waals surface area contributed by atoms with Crippen molar-refractivity contribution in [2.24, 2.45) is 0 Å². The molecule has 0 bridgehead atoms. The van der Waals surface area contributed by atoms with Gasteiger partial charge in [0, 0.05) is 12.1 Å². The van der Waals surface area contributed by atoms with Crippen molar-refractivity contribution in [3.8, 4) is 0 Å². The minimum absolute atomic E-state index is 0.200. The van der Waals surface area contributed by atoms with Gasteiger partial charge in [-0.15, -0.1) is 13.2 Å². The summed E-state index contributed by atoms with van der Waals surface area (Å²) < 4.78 is 63.7. The molecule has 0 spiro atoms. The maximum atomic E-state index is 12.7. The van der Waals surface area contributed by atoms with Gasteiger partial charge in [-0.3, -0.25) is 0 Å². The van der Waals surface area contributed by atoms with Crippen LogP contribution in [0.3, 0.4) is 0 Å². The Morgan fingerprint density at radius 1 is 1.10 bits per heavy atom. The third kappa shape index (κ3) is 22.0. The second-order valence-electron chi connectivity index (χ2n) is 5.41. The summed E-state index contributed by atoms with van der Waals surface area (Å²) in [5, 5.41) is 2.75. The van der Waals surface area contributed by atoms with Crippen molar-refractivity contribution in [3.05, 3.63) is 71.5 Å². The van der Waals surface area contributed by atoms with E-state index in [4.69, 9.17) is 0 Å². The van der Waals surface area contributed by atoms with Crippen molar-refractivity contribution in [3.63, 3.8) is 0 Å². The zero-order valence-electron chi connectivity index (χ0n) is 18.4. The monoisotopic (exact) mass is 423 g/mol. The van der Waals surface area contributed by atoms with E-state index in [0.29, 0.717) is 12.1 Å². The molecule has 0 unspecified atom stereocenters. The summed E-state index contributed by atoms with van der Waals surface area (Å²) in [6.45, 7) is 15.0. The molecule has 1 aromatic carbocycles. The summed E-state index contributed by atoms with van der Waals surface area (Å²) >= 11 is 0. The van der Waals surface area contributed by atoms with Crippen LogP contribution in [0.15, 0.2) is 54.3 Å². The van der Waals surface area contributed by atoms with Crippen LogP contribution in [0.4, 0.5) is 22.0 Å². The molecule has 29 heavy (non-hydrogen) atoms. The van der Waals surface area contributed by atoms with E-state index in [0.717, 1.165) is 17.7 Å². The summed E-state index contributed by atoms with van der Waals surface area (Å²) in [6.07, 6.45) is 0.909. The molecule has 0 aromatic heterocycles. The van der Waals surface area contributed by atoms with E-state index in [1.807, 2.05) is 13.8 Å². The normalized spacial score (nSPS) is 11.0. The van der Waals surface area contributed by atoms with Gasteiger partial charge in [-0.05, 0) is 45.2 Å². The molecule has 7 heteroatoms. The highest BCUT2D eigenvalue weighted by Gasteiger charge is 2.30. The molecule has 0 aliphatic heterocycles. The summed E-state index contributed by atoms with van der Waals surface area (Å²) in [4.78, 5) is 0. The van der Waals surface area contributed by atoms with Crippen LogP contribution >= 0.6 is 0 Å². The Balaban J connectivity index is -0.000000384. The van der Waals surface area contributed by atoms with Gasteiger partial charge >= 0.3 is 6.36 Å². The van der Waals surface area contributed by atoms with Gasteiger partial charge in [-0.2, -0.15) is 0 Å². The quantitative estimate of drug-likeness (QED) is 0.298. The third-order valence-corrected chi connectivity index (χ3v) is 2.55. The molecule has 0 amide bonds. The number of hydrogen-bond acceptors (Lipinski definition) is 2. The lowest BCUT2D eigenvalue weighted by Crippen LogP contribution is -2.11. The van der Waals surface area contributed by atoms with Crippen LogP contribution in [0.2, 0.25) is 0 Å². The third-order valence-electron chi connectivity index (χ3n) is 2.55. The first-order chi connectivity index (χ1) is 13.5. The highest BCUT2D eigenvalue weighted by Crippen LogP contribution is 2.20. The zero-order valence-corrected chi connectivity index (χ0v) is 18.4. The predicted octanol–water partition coefficient (Wildman–Crippen LogP) is 7.69. The number of ether oxygens (including phenoxy) is 1. The van der Waals surface area contributed by atoms with E-state index < -0.39 is 12.2 Å². The van der Waals surface area contributed by atoms with Crippen LogP contribution in [0.5, 0.6) is 0 Å². The topological polar surface area (TPSA) is 21.3 Å². The number of nitrogens with one attached hydrogen (secondary N) is 1. The number of allylic oxidation sites excluding steroid dienone is 5. The molecular formula is C22H34F5NO. The molecule has 0 saturated carbocycles. The van der Waals surface area contributed by atoms with Crippen LogP contribution in [0, 0.1) is 11.6 Å². The number of halogens is 5. The van der Waals surface area contributed by atoms with Gasteiger partial charge in [0.05, 0.1) is 0 Å². The highest BCUT2D eigenvalue weighted by atomic mass is 19.4. The number of alkyl halides is 3. The first-order valence-electron chi connectivity index (χ1n) is 9.32. The van der Waals surface area contributed by atoms with Crippen LogP contribution in [-0.2, 0) is 11.3 Å². The Morgan fingerprint density at radius 3 is 2.03 bits per heavy atom. The van der Waals surface area contributed by atoms with E-state index in [2.05, 4.69) is 30.5 Å². The fourth-order valence-electron chi connectivity index (χ4n) is 1.40. The van der Waals surface area contributed by atoms with E-state index in [-0.39, 0.29) is 11.6 Å². The zero-order chi connectivity index (χ0) is 23.5. The van der Waals surface area contributed by atoms with Crippen molar-refractivity contribution in [1.29, 1.82) is 0 Å². The predicted molar refractivity (Wildman–Crippen MR) is 111 cm³/mol. The van der Waals surface area contributed by atoms with Crippen molar-refractivity contribution < 1.29 is 26.7 Å². The minimum Gasteiger partial charge on any atom is -0.411 e. The molecule has 2 nitrogen and oxygen atoms in total. The van der Waals surface area contributed by atoms with E-state index >= 15 is 0 Å². The van der Waals surface area contributed by atoms with Gasteiger partial charge in [-0.1, -0.05) is 58.4 Å². The van der Waals surface area contributed by atoms with Crippen LogP contribution in [0.25, 0.3) is 0 Å². The Bertz CT molecular complexity index is 608. The molecule has 0 aliphatic carbocycles. The average molecular weight is 424 g/mol. The number of benzene rings is 1. The van der Waals surface area contributed by atoms with Crippen LogP contribution in [-0.4, -0.2) is 13.4 Å². The molecule has 168 valence electrons. The largest absolute Gasteiger partial charge is 0.572 e. The summed E-state index contributed by atoms with van der Waals surface area (Å²) in [7, 11) is 1.68. The highest BCUT2D eigenvalue weighted by molar-refractivity contribution is 5.20. The van der Waals surface area contributed by atoms with Gasteiger partial charge in [0.1, 0.15) is 17.4 Å². The van der Waals surface area contributed by atoms with Crippen LogP contribution in [0.1, 0.15) is 53.5 Å². The van der Waals surface area contributed by atoms with Crippen molar-refractivity contribution in [2.75, 3.05) is 7.05 Å². The average Bonchev–Trinajstić information content (AvgIpc) is 2.64. The fraction of sp³-hybridized carbons (Fsp3) is 0.455. The molecule has 0 saturated heterocycles. The minimum atomic E-state index is -4.61. The molecule has 0 heterocycles. The first-order valence-corrected chi connectivity index (χ1v) is 9.32. The molecule has 1 rings (SSSR count). The Morgan fingerprint density at radius 2 is 1.62 bits per heavy atom. The van der Waals surface area contributed by atoms with Crippen molar-refractivity contribution >= 4 is 0 Å². The Labute approximate surface area is 172 Å². The Kier molecular flexibility index (Phi) is 20.9. The van der Waals surface area contributed by atoms with Gasteiger partial charge in [0.15, 0.2) is 0 Å². The molecule has 1 N–H and O–H groups in total. The fourth-order valence-corrected chi connectivity index (χ4v) is 1.40. The van der Waals surface area contributed by atoms with Gasteiger partial charge in [-0.25, -0.2) is 8.78 Å². The SMILES string of the molecule is C=C/C(C)=C\C=C(/C)OC(F)(F)F.CC.CCC.CNCc1cc(F)ccc1F. The lowest BCUT2D eigenvalue weighted by Gasteiger charge is -2.07. The summed E-state index contributed by atoms with van der Waals surface area (Å²) in [5.74, 6) is -0.980. The van der Waals surface area contributed by atoms with E-state index in [1.165, 1.54) is 37.6 Å². The van der Waals surface area contributed by atoms with Crippen molar-refractivity contribution in [1.82, 2.24) is 5.32 Å². The first kappa shape index (κ1) is 31.5. The van der Waals surface area contributed by atoms with Crippen LogP contribution < -0.4 is 5.32 Å².